The minimum Gasteiger partial charge on any atom is -0.497 e. The van der Waals surface area contributed by atoms with E-state index in [9.17, 15) is 4.79 Å². The lowest BCUT2D eigenvalue weighted by atomic mass is 9.97. The quantitative estimate of drug-likeness (QED) is 0.774. The van der Waals surface area contributed by atoms with Crippen LogP contribution in [0.4, 0.5) is 5.69 Å². The molecule has 0 bridgehead atoms. The number of nitrogens with one attached hydrogen (secondary N) is 1. The molecular formula is C11H13NO3. The van der Waals surface area contributed by atoms with E-state index in [4.69, 9.17) is 9.84 Å². The zero-order valence-corrected chi connectivity index (χ0v) is 8.65. The Balaban J connectivity index is 2.36. The van der Waals surface area contributed by atoms with Gasteiger partial charge < -0.3 is 15.2 Å². The van der Waals surface area contributed by atoms with Crippen molar-refractivity contribution >= 4 is 11.7 Å². The van der Waals surface area contributed by atoms with Crippen molar-refractivity contribution in [3.63, 3.8) is 0 Å². The van der Waals surface area contributed by atoms with E-state index in [1.54, 1.807) is 7.11 Å². The van der Waals surface area contributed by atoms with Crippen molar-refractivity contribution in [2.75, 3.05) is 12.4 Å². The van der Waals surface area contributed by atoms with E-state index < -0.39 is 12.0 Å². The zero-order chi connectivity index (χ0) is 11.0. The molecule has 0 fully saturated rings. The molecule has 0 aliphatic carbocycles. The van der Waals surface area contributed by atoms with Crippen molar-refractivity contribution < 1.29 is 14.6 Å². The fraction of sp³-hybridized carbons (Fsp3) is 0.364. The number of hydrogen-bond donors (Lipinski definition) is 2. The molecule has 2 N–H and O–H groups in total. The summed E-state index contributed by atoms with van der Waals surface area (Å²) >= 11 is 0. The number of carbonyl (C=O) groups is 1. The van der Waals surface area contributed by atoms with Crippen molar-refractivity contribution in [3.05, 3.63) is 23.8 Å². The largest absolute Gasteiger partial charge is 0.497 e. The molecule has 2 rings (SSSR count). The summed E-state index contributed by atoms with van der Waals surface area (Å²) in [6, 6.07) is 5.05. The van der Waals surface area contributed by atoms with Crippen LogP contribution in [-0.2, 0) is 4.79 Å². The molecule has 0 radical (unpaired) electrons. The predicted octanol–water partition coefficient (Wildman–Crippen LogP) is 1.68. The van der Waals surface area contributed by atoms with Gasteiger partial charge in [0.1, 0.15) is 11.8 Å². The first-order valence-electron chi connectivity index (χ1n) is 4.80. The summed E-state index contributed by atoms with van der Waals surface area (Å²) in [4.78, 5) is 10.9. The van der Waals surface area contributed by atoms with Crippen molar-refractivity contribution in [2.24, 2.45) is 0 Å². The first kappa shape index (κ1) is 9.83. The Morgan fingerprint density at radius 2 is 2.27 bits per heavy atom. The van der Waals surface area contributed by atoms with Gasteiger partial charge in [0.25, 0.3) is 0 Å². The van der Waals surface area contributed by atoms with Crippen LogP contribution in [0, 0.1) is 0 Å². The number of methoxy groups -OCH3 is 1. The van der Waals surface area contributed by atoms with Crippen LogP contribution in [0.25, 0.3) is 0 Å². The van der Waals surface area contributed by atoms with Gasteiger partial charge in [0.05, 0.1) is 7.11 Å². The summed E-state index contributed by atoms with van der Waals surface area (Å²) in [6.07, 6.45) is 0. The van der Waals surface area contributed by atoms with Gasteiger partial charge in [-0.3, -0.25) is 0 Å². The number of benzene rings is 1. The second-order valence-electron chi connectivity index (χ2n) is 3.70. The van der Waals surface area contributed by atoms with E-state index in [1.165, 1.54) is 0 Å². The lowest BCUT2D eigenvalue weighted by molar-refractivity contribution is -0.138. The van der Waals surface area contributed by atoms with Crippen molar-refractivity contribution in [1.82, 2.24) is 0 Å². The molecule has 0 amide bonds. The number of hydrogen-bond acceptors (Lipinski definition) is 3. The molecular weight excluding hydrogens is 194 g/mol. The second kappa shape index (κ2) is 3.46. The number of carboxylic acids is 1. The van der Waals surface area contributed by atoms with Crippen LogP contribution in [0.1, 0.15) is 18.4 Å². The summed E-state index contributed by atoms with van der Waals surface area (Å²) in [5, 5.41) is 12.0. The highest BCUT2D eigenvalue weighted by atomic mass is 16.5. The van der Waals surface area contributed by atoms with Crippen LogP contribution in [0.5, 0.6) is 5.75 Å². The maximum atomic E-state index is 10.9. The molecule has 80 valence electrons. The summed E-state index contributed by atoms with van der Waals surface area (Å²) < 4.78 is 5.08. The number of carboxylic acid groups (broad SMARTS) is 1. The third-order valence-corrected chi connectivity index (χ3v) is 2.83. The van der Waals surface area contributed by atoms with E-state index in [2.05, 4.69) is 5.32 Å². The number of anilines is 1. The van der Waals surface area contributed by atoms with E-state index in [0.717, 1.165) is 17.0 Å². The van der Waals surface area contributed by atoms with Crippen LogP contribution in [0.2, 0.25) is 0 Å². The Morgan fingerprint density at radius 3 is 2.87 bits per heavy atom. The van der Waals surface area contributed by atoms with Crippen LogP contribution in [0.15, 0.2) is 18.2 Å². The average molecular weight is 207 g/mol. The molecule has 1 aromatic carbocycles. The van der Waals surface area contributed by atoms with Crippen LogP contribution >= 0.6 is 0 Å². The Hall–Kier alpha value is -1.71. The van der Waals surface area contributed by atoms with E-state index >= 15 is 0 Å². The number of fused-ring (bicyclic) bond motifs is 1. The Kier molecular flexibility index (Phi) is 2.26. The Morgan fingerprint density at radius 1 is 1.53 bits per heavy atom. The molecule has 0 saturated heterocycles. The van der Waals surface area contributed by atoms with Gasteiger partial charge in [-0.05, 0) is 11.6 Å². The van der Waals surface area contributed by atoms with Crippen LogP contribution in [0.3, 0.4) is 0 Å². The smallest absolute Gasteiger partial charge is 0.326 e. The number of ether oxygens (including phenoxy) is 1. The third kappa shape index (κ3) is 1.52. The monoisotopic (exact) mass is 207 g/mol. The van der Waals surface area contributed by atoms with Gasteiger partial charge in [-0.2, -0.15) is 0 Å². The van der Waals surface area contributed by atoms with Gasteiger partial charge >= 0.3 is 5.97 Å². The summed E-state index contributed by atoms with van der Waals surface area (Å²) in [5.74, 6) is -0.0967. The lowest BCUT2D eigenvalue weighted by Crippen LogP contribution is -2.28. The topological polar surface area (TPSA) is 58.6 Å². The van der Waals surface area contributed by atoms with Crippen LogP contribution in [-0.4, -0.2) is 24.2 Å². The van der Waals surface area contributed by atoms with E-state index in [1.807, 2.05) is 25.1 Å². The Bertz CT molecular complexity index is 403. The molecule has 1 aliphatic rings. The van der Waals surface area contributed by atoms with Gasteiger partial charge in [-0.25, -0.2) is 4.79 Å². The minimum absolute atomic E-state index is 0.0107. The first-order chi connectivity index (χ1) is 7.13. The molecule has 4 heteroatoms. The fourth-order valence-electron chi connectivity index (χ4n) is 1.93. The molecule has 0 saturated carbocycles. The van der Waals surface area contributed by atoms with Crippen molar-refractivity contribution in [3.8, 4) is 5.75 Å². The SMILES string of the molecule is COc1ccc2c(c1)NC(C(=O)O)C2C. The molecule has 15 heavy (non-hydrogen) atoms. The van der Waals surface area contributed by atoms with Gasteiger partial charge in [0, 0.05) is 17.7 Å². The molecule has 1 aliphatic heterocycles. The lowest BCUT2D eigenvalue weighted by Gasteiger charge is -2.09. The second-order valence-corrected chi connectivity index (χ2v) is 3.70. The maximum Gasteiger partial charge on any atom is 0.326 e. The zero-order valence-electron chi connectivity index (χ0n) is 8.65. The fourth-order valence-corrected chi connectivity index (χ4v) is 1.93. The van der Waals surface area contributed by atoms with Gasteiger partial charge in [0.2, 0.25) is 0 Å². The van der Waals surface area contributed by atoms with E-state index in [-0.39, 0.29) is 5.92 Å². The molecule has 0 spiro atoms. The summed E-state index contributed by atoms with van der Waals surface area (Å²) in [7, 11) is 1.59. The molecule has 0 aromatic heterocycles. The van der Waals surface area contributed by atoms with Gasteiger partial charge in [-0.15, -0.1) is 0 Å². The number of aliphatic carboxylic acids is 1. The minimum atomic E-state index is -0.822. The first-order valence-corrected chi connectivity index (χ1v) is 4.80. The molecule has 1 heterocycles. The van der Waals surface area contributed by atoms with Gasteiger partial charge in [0.15, 0.2) is 0 Å². The highest BCUT2D eigenvalue weighted by molar-refractivity contribution is 5.83. The molecule has 4 nitrogen and oxygen atoms in total. The maximum absolute atomic E-state index is 10.9. The highest BCUT2D eigenvalue weighted by Crippen LogP contribution is 2.37. The number of rotatable bonds is 2. The predicted molar refractivity (Wildman–Crippen MR) is 56.5 cm³/mol. The third-order valence-electron chi connectivity index (χ3n) is 2.83. The average Bonchev–Trinajstić information content (AvgIpc) is 2.55. The molecule has 1 aromatic rings. The highest BCUT2D eigenvalue weighted by Gasteiger charge is 2.33. The van der Waals surface area contributed by atoms with Crippen molar-refractivity contribution in [1.29, 1.82) is 0 Å². The standard InChI is InChI=1S/C11H13NO3/c1-6-8-4-3-7(15-2)5-9(8)12-10(6)11(13)14/h3-6,10,12H,1-2H3,(H,13,14). The van der Waals surface area contributed by atoms with E-state index in [0.29, 0.717) is 0 Å². The Labute approximate surface area is 87.9 Å². The molecule has 2 atom stereocenters. The van der Waals surface area contributed by atoms with Gasteiger partial charge in [-0.1, -0.05) is 13.0 Å². The van der Waals surface area contributed by atoms with Crippen LogP contribution < -0.4 is 10.1 Å². The normalized spacial score (nSPS) is 23.1. The summed E-state index contributed by atoms with van der Waals surface area (Å²) in [6.45, 7) is 1.91. The molecule has 2 unspecified atom stereocenters. The van der Waals surface area contributed by atoms with Crippen molar-refractivity contribution in [2.45, 2.75) is 18.9 Å². The summed E-state index contributed by atoms with van der Waals surface area (Å²) in [5.41, 5.74) is 1.89.